The molecule has 1 fully saturated rings. The van der Waals surface area contributed by atoms with Gasteiger partial charge in [0, 0.05) is 41.8 Å². The largest absolute Gasteiger partial charge is 0.481 e. The molecule has 0 spiro atoms. The summed E-state index contributed by atoms with van der Waals surface area (Å²) in [4.78, 5) is 102. The Morgan fingerprint density at radius 2 is 1.62 bits per heavy atom. The predicted octanol–water partition coefficient (Wildman–Crippen LogP) is 1.70. The number of nitrogen functional groups attached to an aromatic ring is 1. The van der Waals surface area contributed by atoms with Gasteiger partial charge in [-0.3, -0.25) is 37.3 Å². The summed E-state index contributed by atoms with van der Waals surface area (Å²) in [5, 5.41) is 26.4. The van der Waals surface area contributed by atoms with Crippen LogP contribution < -0.4 is 16.4 Å². The van der Waals surface area contributed by atoms with Gasteiger partial charge in [-0.25, -0.2) is 28.6 Å². The second kappa shape index (κ2) is 22.2. The van der Waals surface area contributed by atoms with E-state index >= 15 is 0 Å². The molecule has 5 rings (SSSR count). The minimum Gasteiger partial charge on any atom is -0.386 e. The van der Waals surface area contributed by atoms with Gasteiger partial charge in [-0.2, -0.15) is 4.31 Å². The number of hydrogen-bond donors (Lipinski definition) is 9. The molecule has 4 unspecified atom stereocenters. The number of aliphatic hydroxyl groups excluding tert-OH is 2. The third-order valence-corrected chi connectivity index (χ3v) is 13.9. The van der Waals surface area contributed by atoms with Crippen molar-refractivity contribution in [1.29, 1.82) is 0 Å². The molecular weight excluding hydrogens is 955 g/mol. The lowest BCUT2D eigenvalue weighted by atomic mass is 9.87. The Bertz CT molecular complexity index is 2530. The van der Waals surface area contributed by atoms with E-state index < -0.39 is 90.5 Å². The first-order chi connectivity index (χ1) is 30.9. The lowest BCUT2D eigenvalue weighted by Gasteiger charge is -2.30. The van der Waals surface area contributed by atoms with Crippen molar-refractivity contribution in [3.8, 4) is 0 Å². The van der Waals surface area contributed by atoms with E-state index in [1.54, 1.807) is 61.5 Å². The van der Waals surface area contributed by atoms with Crippen LogP contribution in [0.15, 0.2) is 67.3 Å². The standard InChI is InChI=1S/C37H48N7O18P3S/c1-21(23-10-7-11-24(16-23)28(46)22-8-5-4-6-9-22)36(50)66-15-14-39-26(45)12-13-40-34(49)31(48)37(2,3)18-59-65(56,57)62-64(54,55)58-17-25-30(61-63(51,52)53)29(47)35(60-25)44-20-43-27-32(38)41-19-42-33(27)44/h4-11,16,19-21,25,29-31,35,47-48H,12-15,17-18H2,1-3H3,(H,39,45)(H,40,49)(H,54,55)(H,56,57)(H2,38,41,42)(H2,51,52,53)/t21?,25-,29-,30-,31?,35-/m1/s1. The molecule has 25 nitrogen and oxygen atoms in total. The highest BCUT2D eigenvalue weighted by Gasteiger charge is 2.50. The normalized spacial score (nSPS) is 20.5. The van der Waals surface area contributed by atoms with E-state index in [1.165, 1.54) is 13.8 Å². The van der Waals surface area contributed by atoms with Crippen LogP contribution in [0.3, 0.4) is 0 Å². The summed E-state index contributed by atoms with van der Waals surface area (Å²) in [6, 6.07) is 15.6. The van der Waals surface area contributed by atoms with Crippen LogP contribution in [0.5, 0.6) is 0 Å². The van der Waals surface area contributed by atoms with Crippen molar-refractivity contribution < 1.29 is 85.3 Å². The predicted molar refractivity (Wildman–Crippen MR) is 232 cm³/mol. The van der Waals surface area contributed by atoms with Crippen molar-refractivity contribution in [1.82, 2.24) is 30.2 Å². The summed E-state index contributed by atoms with van der Waals surface area (Å²) in [5.41, 5.74) is 5.86. The van der Waals surface area contributed by atoms with Crippen molar-refractivity contribution in [3.63, 3.8) is 0 Å². The van der Waals surface area contributed by atoms with Crippen LogP contribution in [-0.4, -0.2) is 128 Å². The molecule has 10 N–H and O–H groups in total. The van der Waals surface area contributed by atoms with Crippen molar-refractivity contribution in [2.45, 2.75) is 63.8 Å². The fourth-order valence-electron chi connectivity index (χ4n) is 6.25. The number of ether oxygens (including phenoxy) is 1. The second-order valence-corrected chi connectivity index (χ2v) is 20.6. The smallest absolute Gasteiger partial charge is 0.386 e. The van der Waals surface area contributed by atoms with E-state index in [-0.39, 0.29) is 53.1 Å². The molecule has 29 heteroatoms. The van der Waals surface area contributed by atoms with E-state index in [0.29, 0.717) is 16.7 Å². The summed E-state index contributed by atoms with van der Waals surface area (Å²) < 4.78 is 62.4. The molecule has 2 aromatic carbocycles. The molecule has 2 amide bonds. The Hall–Kier alpha value is -4.33. The van der Waals surface area contributed by atoms with Crippen LogP contribution >= 0.6 is 35.2 Å². The number of anilines is 1. The number of hydrogen-bond acceptors (Lipinski definition) is 19. The summed E-state index contributed by atoms with van der Waals surface area (Å²) >= 11 is 0.999. The number of aliphatic hydroxyl groups is 2. The van der Waals surface area contributed by atoms with Crippen LogP contribution in [0.4, 0.5) is 5.82 Å². The van der Waals surface area contributed by atoms with Gasteiger partial charge in [-0.1, -0.05) is 81.1 Å². The average Bonchev–Trinajstić information content (AvgIpc) is 3.82. The number of nitrogens with two attached hydrogens (primary N) is 1. The van der Waals surface area contributed by atoms with Crippen molar-refractivity contribution in [2.24, 2.45) is 5.41 Å². The number of carbonyl (C=O) groups excluding carboxylic acids is 4. The van der Waals surface area contributed by atoms with Gasteiger partial charge in [-0.15, -0.1) is 0 Å². The Morgan fingerprint density at radius 3 is 2.32 bits per heavy atom. The lowest BCUT2D eigenvalue weighted by molar-refractivity contribution is -0.137. The minimum atomic E-state index is -5.60. The number of thioether (sulfide) groups is 1. The van der Waals surface area contributed by atoms with Gasteiger partial charge in [0.15, 0.2) is 28.6 Å². The molecule has 4 aromatic rings. The summed E-state index contributed by atoms with van der Waals surface area (Å²) in [7, 11) is -16.5. The van der Waals surface area contributed by atoms with Crippen LogP contribution in [0.2, 0.25) is 0 Å². The number of phosphoric ester groups is 3. The van der Waals surface area contributed by atoms with E-state index in [9.17, 15) is 62.7 Å². The van der Waals surface area contributed by atoms with E-state index in [2.05, 4.69) is 34.4 Å². The van der Waals surface area contributed by atoms with Crippen molar-refractivity contribution in [3.05, 3.63) is 83.9 Å². The van der Waals surface area contributed by atoms with Crippen LogP contribution in [-0.2, 0) is 50.7 Å². The molecule has 0 bridgehead atoms. The highest BCUT2D eigenvalue weighted by molar-refractivity contribution is 8.13. The molecule has 66 heavy (non-hydrogen) atoms. The van der Waals surface area contributed by atoms with Gasteiger partial charge in [-0.05, 0) is 11.6 Å². The average molecular weight is 1000 g/mol. The van der Waals surface area contributed by atoms with Crippen LogP contribution in [0, 0.1) is 5.41 Å². The molecule has 1 aliphatic rings. The van der Waals surface area contributed by atoms with E-state index in [4.69, 9.17) is 19.5 Å². The summed E-state index contributed by atoms with van der Waals surface area (Å²) in [6.07, 6.45) is -7.07. The van der Waals surface area contributed by atoms with E-state index in [0.717, 1.165) is 29.0 Å². The molecule has 3 heterocycles. The van der Waals surface area contributed by atoms with Gasteiger partial charge in [0.25, 0.3) is 0 Å². The first-order valence-electron chi connectivity index (χ1n) is 19.6. The molecule has 2 aromatic heterocycles. The number of nitrogens with zero attached hydrogens (tertiary/aromatic N) is 4. The van der Waals surface area contributed by atoms with E-state index in [1.807, 2.05) is 0 Å². The molecule has 0 radical (unpaired) electrons. The third kappa shape index (κ3) is 14.3. The first-order valence-corrected chi connectivity index (χ1v) is 25.1. The molecule has 0 aliphatic carbocycles. The number of amides is 2. The number of benzene rings is 2. The number of phosphoric acid groups is 3. The van der Waals surface area contributed by atoms with Gasteiger partial charge < -0.3 is 50.9 Å². The van der Waals surface area contributed by atoms with Gasteiger partial charge in [0.2, 0.25) is 11.8 Å². The molecule has 1 aliphatic heterocycles. The fraction of sp³-hybridized carbons (Fsp3) is 0.432. The Labute approximate surface area is 380 Å². The molecule has 360 valence electrons. The second-order valence-electron chi connectivity index (χ2n) is 15.3. The highest BCUT2D eigenvalue weighted by Crippen LogP contribution is 2.61. The third-order valence-electron chi connectivity index (χ3n) is 9.78. The molecular formula is C37H48N7O18P3S. The molecule has 8 atom stereocenters. The minimum absolute atomic E-state index is 0.0222. The quantitative estimate of drug-likeness (QED) is 0.0290. The Balaban J connectivity index is 1.02. The zero-order chi connectivity index (χ0) is 48.6. The first kappa shape index (κ1) is 52.6. The maximum absolute atomic E-state index is 12.9. The zero-order valence-corrected chi connectivity index (χ0v) is 38.8. The number of ketones is 1. The number of carbonyl (C=O) groups is 4. The summed E-state index contributed by atoms with van der Waals surface area (Å²) in [5.74, 6) is -2.01. The molecule has 1 saturated heterocycles. The van der Waals surface area contributed by atoms with Crippen molar-refractivity contribution in [2.75, 3.05) is 37.8 Å². The Kier molecular flexibility index (Phi) is 17.7. The summed E-state index contributed by atoms with van der Waals surface area (Å²) in [6.45, 7) is 2.02. The number of nitrogens with one attached hydrogen (secondary N) is 2. The number of aromatic nitrogens is 4. The topological polar surface area (TPSA) is 381 Å². The zero-order valence-electron chi connectivity index (χ0n) is 35.3. The monoisotopic (exact) mass is 1000 g/mol. The SMILES string of the molecule is CC(C(=O)SCCNC(=O)CCNC(=O)C(O)C(C)(C)COP(=O)(O)OP(=O)(O)OC[C@H]1O[C@@H](n2cnc3c(N)ncnc32)[C@H](O)[C@@H]1OP(=O)(O)O)c1cccc(C(=O)c2ccccc2)c1. The highest BCUT2D eigenvalue weighted by atomic mass is 32.2. The van der Waals surface area contributed by atoms with Gasteiger partial charge in [0.1, 0.15) is 36.3 Å². The maximum atomic E-state index is 12.9. The molecule has 0 saturated carbocycles. The van der Waals surface area contributed by atoms with Crippen LogP contribution in [0.25, 0.3) is 11.2 Å². The van der Waals surface area contributed by atoms with Gasteiger partial charge in [0.05, 0.1) is 25.5 Å². The van der Waals surface area contributed by atoms with Crippen LogP contribution in [0.1, 0.15) is 60.8 Å². The van der Waals surface area contributed by atoms with Gasteiger partial charge >= 0.3 is 23.5 Å². The number of imidazole rings is 1. The number of rotatable bonds is 23. The fourth-order valence-corrected chi connectivity index (χ4v) is 9.87. The maximum Gasteiger partial charge on any atom is 0.481 e. The van der Waals surface area contributed by atoms with Crippen molar-refractivity contribution >= 4 is 74.9 Å². The lowest BCUT2D eigenvalue weighted by Crippen LogP contribution is -2.46. The Morgan fingerprint density at radius 1 is 0.939 bits per heavy atom. The number of fused-ring (bicyclic) bond motifs is 1.